The van der Waals surface area contributed by atoms with E-state index in [1.54, 1.807) is 0 Å². The molecule has 0 spiro atoms. The van der Waals surface area contributed by atoms with Crippen molar-refractivity contribution in [1.82, 2.24) is 0 Å². The molecule has 1 heteroatoms. The first-order valence-corrected chi connectivity index (χ1v) is 5.25. The Morgan fingerprint density at radius 1 is 1.17 bits per heavy atom. The highest BCUT2D eigenvalue weighted by Crippen LogP contribution is 2.37. The summed E-state index contributed by atoms with van der Waals surface area (Å²) in [5.74, 6) is 1.66. The largest absolute Gasteiger partial charge is 0.375 e. The second kappa shape index (κ2) is 4.27. The molecule has 72 valence electrons. The van der Waals surface area contributed by atoms with Crippen LogP contribution in [0.5, 0.6) is 0 Å². The van der Waals surface area contributed by atoms with Crippen LogP contribution in [-0.4, -0.2) is 12.2 Å². The topological polar surface area (TPSA) is 9.23 Å². The predicted molar refractivity (Wildman–Crippen MR) is 52.2 cm³/mol. The molecule has 0 amide bonds. The first-order valence-electron chi connectivity index (χ1n) is 5.25. The molecule has 12 heavy (non-hydrogen) atoms. The lowest BCUT2D eigenvalue weighted by molar-refractivity contribution is -0.0157. The lowest BCUT2D eigenvalue weighted by Gasteiger charge is -2.21. The minimum Gasteiger partial charge on any atom is -0.375 e. The summed E-state index contributed by atoms with van der Waals surface area (Å²) in [7, 11) is 0. The molecule has 1 saturated carbocycles. The van der Waals surface area contributed by atoms with Gasteiger partial charge in [0.25, 0.3) is 0 Å². The predicted octanol–water partition coefficient (Wildman–Crippen LogP) is 3.24. The van der Waals surface area contributed by atoms with Gasteiger partial charge in [0, 0.05) is 0 Å². The number of hydrogen-bond acceptors (Lipinski definition) is 1. The molecule has 0 aromatic heterocycles. The molecular formula is C11H22O. The highest BCUT2D eigenvalue weighted by Gasteiger charge is 2.32. The molecule has 1 unspecified atom stereocenters. The molecule has 0 bridgehead atoms. The monoisotopic (exact) mass is 170 g/mol. The van der Waals surface area contributed by atoms with Crippen LogP contribution in [0.25, 0.3) is 0 Å². The minimum absolute atomic E-state index is 0.398. The number of hydrogen-bond donors (Lipinski definition) is 0. The third-order valence-electron chi connectivity index (χ3n) is 2.30. The first-order chi connectivity index (χ1) is 5.59. The molecule has 0 N–H and O–H groups in total. The summed E-state index contributed by atoms with van der Waals surface area (Å²) < 4.78 is 5.89. The van der Waals surface area contributed by atoms with Crippen LogP contribution in [0.4, 0.5) is 0 Å². The second-order valence-electron chi connectivity index (χ2n) is 4.69. The summed E-state index contributed by atoms with van der Waals surface area (Å²) in [5, 5.41) is 0. The van der Waals surface area contributed by atoms with Gasteiger partial charge in [0.15, 0.2) is 0 Å². The highest BCUT2D eigenvalue weighted by atomic mass is 16.5. The van der Waals surface area contributed by atoms with E-state index in [0.717, 1.165) is 11.8 Å². The van der Waals surface area contributed by atoms with Crippen molar-refractivity contribution in [2.24, 2.45) is 11.8 Å². The van der Waals surface area contributed by atoms with E-state index in [1.807, 2.05) is 0 Å². The fourth-order valence-corrected chi connectivity index (χ4v) is 1.64. The lowest BCUT2D eigenvalue weighted by Crippen LogP contribution is -2.21. The van der Waals surface area contributed by atoms with Gasteiger partial charge >= 0.3 is 0 Å². The number of rotatable bonds is 5. The maximum atomic E-state index is 5.89. The van der Waals surface area contributed by atoms with Crippen molar-refractivity contribution >= 4 is 0 Å². The molecule has 1 nitrogen and oxygen atoms in total. The van der Waals surface area contributed by atoms with Crippen LogP contribution in [0, 0.1) is 11.8 Å². The third kappa shape index (κ3) is 3.57. The molecule has 1 atom stereocenters. The van der Waals surface area contributed by atoms with Crippen molar-refractivity contribution in [1.29, 1.82) is 0 Å². The molecular weight excluding hydrogens is 148 g/mol. The average Bonchev–Trinajstić information content (AvgIpc) is 2.63. The van der Waals surface area contributed by atoms with E-state index in [9.17, 15) is 0 Å². The first kappa shape index (κ1) is 10.0. The van der Waals surface area contributed by atoms with Crippen LogP contribution >= 0.6 is 0 Å². The Labute approximate surface area is 76.5 Å². The fourth-order valence-electron chi connectivity index (χ4n) is 1.64. The van der Waals surface area contributed by atoms with Crippen LogP contribution in [0.15, 0.2) is 0 Å². The molecule has 0 heterocycles. The average molecular weight is 170 g/mol. The summed E-state index contributed by atoms with van der Waals surface area (Å²) in [5.41, 5.74) is 0. The molecule has 1 aliphatic carbocycles. The summed E-state index contributed by atoms with van der Waals surface area (Å²) in [4.78, 5) is 0. The van der Waals surface area contributed by atoms with Gasteiger partial charge in [-0.05, 0) is 44.9 Å². The van der Waals surface area contributed by atoms with Crippen LogP contribution in [-0.2, 0) is 4.74 Å². The molecule has 1 fully saturated rings. The molecule has 0 aromatic rings. The van der Waals surface area contributed by atoms with Gasteiger partial charge in [-0.1, -0.05) is 13.8 Å². The molecule has 0 aliphatic heterocycles. The standard InChI is InChI=1S/C11H22O/c1-8(2)7-11(10-5-6-10)12-9(3)4/h8-11H,5-7H2,1-4H3. The molecule has 1 aliphatic rings. The van der Waals surface area contributed by atoms with Crippen molar-refractivity contribution in [3.05, 3.63) is 0 Å². The summed E-state index contributed by atoms with van der Waals surface area (Å²) in [6, 6.07) is 0. The van der Waals surface area contributed by atoms with Gasteiger partial charge in [-0.15, -0.1) is 0 Å². The van der Waals surface area contributed by atoms with E-state index >= 15 is 0 Å². The lowest BCUT2D eigenvalue weighted by atomic mass is 10.0. The Balaban J connectivity index is 2.27. The highest BCUT2D eigenvalue weighted by molar-refractivity contribution is 4.83. The molecule has 0 aromatic carbocycles. The van der Waals surface area contributed by atoms with Gasteiger partial charge in [-0.25, -0.2) is 0 Å². The van der Waals surface area contributed by atoms with E-state index in [-0.39, 0.29) is 0 Å². The Kier molecular flexibility index (Phi) is 3.57. The van der Waals surface area contributed by atoms with Gasteiger partial charge in [0.2, 0.25) is 0 Å². The molecule has 0 radical (unpaired) electrons. The maximum Gasteiger partial charge on any atom is 0.0609 e. The Bertz CT molecular complexity index is 115. The summed E-state index contributed by atoms with van der Waals surface area (Å²) in [6.45, 7) is 8.82. The quantitative estimate of drug-likeness (QED) is 0.615. The van der Waals surface area contributed by atoms with Gasteiger partial charge < -0.3 is 4.74 Å². The van der Waals surface area contributed by atoms with Crippen molar-refractivity contribution in [3.63, 3.8) is 0 Å². The van der Waals surface area contributed by atoms with Crippen molar-refractivity contribution < 1.29 is 4.74 Å². The number of ether oxygens (including phenoxy) is 1. The van der Waals surface area contributed by atoms with Crippen LogP contribution < -0.4 is 0 Å². The van der Waals surface area contributed by atoms with E-state index in [4.69, 9.17) is 4.74 Å². The maximum absolute atomic E-state index is 5.89. The third-order valence-corrected chi connectivity index (χ3v) is 2.30. The van der Waals surface area contributed by atoms with E-state index < -0.39 is 0 Å². The zero-order valence-corrected chi connectivity index (χ0v) is 8.84. The zero-order valence-electron chi connectivity index (χ0n) is 8.84. The van der Waals surface area contributed by atoms with Crippen molar-refractivity contribution in [2.75, 3.05) is 0 Å². The SMILES string of the molecule is CC(C)CC(OC(C)C)C1CC1. The Morgan fingerprint density at radius 2 is 1.75 bits per heavy atom. The molecule has 1 rings (SSSR count). The zero-order chi connectivity index (χ0) is 9.14. The smallest absolute Gasteiger partial charge is 0.0609 e. The van der Waals surface area contributed by atoms with Gasteiger partial charge in [-0.3, -0.25) is 0 Å². The fraction of sp³-hybridized carbons (Fsp3) is 1.00. The normalized spacial score (nSPS) is 20.5. The summed E-state index contributed by atoms with van der Waals surface area (Å²) >= 11 is 0. The van der Waals surface area contributed by atoms with Gasteiger partial charge in [-0.2, -0.15) is 0 Å². The van der Waals surface area contributed by atoms with Crippen LogP contribution in [0.2, 0.25) is 0 Å². The van der Waals surface area contributed by atoms with E-state index in [0.29, 0.717) is 12.2 Å². The minimum atomic E-state index is 0.398. The molecule has 0 saturated heterocycles. The second-order valence-corrected chi connectivity index (χ2v) is 4.69. The Morgan fingerprint density at radius 3 is 2.08 bits per heavy atom. The van der Waals surface area contributed by atoms with Crippen LogP contribution in [0.1, 0.15) is 47.0 Å². The van der Waals surface area contributed by atoms with Crippen LogP contribution in [0.3, 0.4) is 0 Å². The Hall–Kier alpha value is -0.0400. The van der Waals surface area contributed by atoms with Crippen molar-refractivity contribution in [3.8, 4) is 0 Å². The summed E-state index contributed by atoms with van der Waals surface area (Å²) in [6.07, 6.45) is 4.97. The van der Waals surface area contributed by atoms with Gasteiger partial charge in [0.1, 0.15) is 0 Å². The van der Waals surface area contributed by atoms with Crippen molar-refractivity contribution in [2.45, 2.75) is 59.2 Å². The van der Waals surface area contributed by atoms with E-state index in [1.165, 1.54) is 19.3 Å². The van der Waals surface area contributed by atoms with Gasteiger partial charge in [0.05, 0.1) is 12.2 Å². The van der Waals surface area contributed by atoms with E-state index in [2.05, 4.69) is 27.7 Å².